The average molecular weight is 255 g/mol. The Bertz CT molecular complexity index is 338. The number of aryl methyl sites for hydroxylation is 1. The summed E-state index contributed by atoms with van der Waals surface area (Å²) in [5, 5.41) is 0. The molecule has 1 saturated heterocycles. The van der Waals surface area contributed by atoms with Gasteiger partial charge in [0.1, 0.15) is 5.82 Å². The van der Waals surface area contributed by atoms with Gasteiger partial charge in [-0.2, -0.15) is 0 Å². The van der Waals surface area contributed by atoms with Crippen LogP contribution < -0.4 is 4.90 Å². The van der Waals surface area contributed by atoms with Gasteiger partial charge in [0, 0.05) is 18.8 Å². The molecule has 1 aromatic heterocycles. The molecule has 0 aromatic carbocycles. The second-order valence-corrected chi connectivity index (χ2v) is 4.74. The molecule has 0 saturated carbocycles. The number of rotatable bonds is 1. The first kappa shape index (κ1) is 9.97. The van der Waals surface area contributed by atoms with E-state index in [0.29, 0.717) is 6.04 Å². The van der Waals surface area contributed by atoms with E-state index in [2.05, 4.69) is 39.7 Å². The topological polar surface area (TPSA) is 16.1 Å². The molecule has 1 aromatic rings. The Morgan fingerprint density at radius 2 is 2.36 bits per heavy atom. The third-order valence-electron chi connectivity index (χ3n) is 2.89. The lowest BCUT2D eigenvalue weighted by atomic mass is 10.2. The zero-order valence-electron chi connectivity index (χ0n) is 8.63. The van der Waals surface area contributed by atoms with Gasteiger partial charge >= 0.3 is 0 Å². The quantitative estimate of drug-likeness (QED) is 0.766. The van der Waals surface area contributed by atoms with Gasteiger partial charge in [-0.3, -0.25) is 0 Å². The van der Waals surface area contributed by atoms with E-state index in [1.165, 1.54) is 18.4 Å². The summed E-state index contributed by atoms with van der Waals surface area (Å²) in [5.41, 5.74) is 1.26. The van der Waals surface area contributed by atoms with E-state index in [9.17, 15) is 0 Å². The first-order valence-corrected chi connectivity index (χ1v) is 5.87. The number of aromatic nitrogens is 1. The molecule has 2 heterocycles. The molecule has 0 N–H and O–H groups in total. The van der Waals surface area contributed by atoms with E-state index in [4.69, 9.17) is 0 Å². The third kappa shape index (κ3) is 1.65. The molecule has 1 unspecified atom stereocenters. The van der Waals surface area contributed by atoms with E-state index in [0.717, 1.165) is 16.8 Å². The van der Waals surface area contributed by atoms with Crippen molar-refractivity contribution < 1.29 is 0 Å². The van der Waals surface area contributed by atoms with Crippen molar-refractivity contribution in [3.05, 3.63) is 22.3 Å². The van der Waals surface area contributed by atoms with Crippen LogP contribution in [0.1, 0.15) is 25.3 Å². The van der Waals surface area contributed by atoms with Gasteiger partial charge in [-0.05, 0) is 54.2 Å². The lowest BCUT2D eigenvalue weighted by Gasteiger charge is -2.24. The maximum atomic E-state index is 4.45. The highest BCUT2D eigenvalue weighted by Gasteiger charge is 2.23. The minimum Gasteiger partial charge on any atom is -0.353 e. The number of hydrogen-bond donors (Lipinski definition) is 0. The van der Waals surface area contributed by atoms with Gasteiger partial charge in [0.25, 0.3) is 0 Å². The predicted molar refractivity (Wildman–Crippen MR) is 62.7 cm³/mol. The molecule has 3 heteroatoms. The van der Waals surface area contributed by atoms with Crippen LogP contribution >= 0.6 is 15.9 Å². The molecule has 1 atom stereocenters. The molecule has 14 heavy (non-hydrogen) atoms. The second-order valence-electron chi connectivity index (χ2n) is 3.95. The van der Waals surface area contributed by atoms with Crippen LogP contribution in [0.25, 0.3) is 0 Å². The molecule has 0 amide bonds. The van der Waals surface area contributed by atoms with Gasteiger partial charge in [0.15, 0.2) is 0 Å². The Labute approximate surface area is 93.5 Å². The minimum absolute atomic E-state index is 0.626. The number of anilines is 1. The maximum Gasteiger partial charge on any atom is 0.143 e. The van der Waals surface area contributed by atoms with Crippen molar-refractivity contribution in [2.24, 2.45) is 0 Å². The Morgan fingerprint density at radius 1 is 1.57 bits per heavy atom. The fourth-order valence-electron chi connectivity index (χ4n) is 1.97. The Balaban J connectivity index is 2.36. The van der Waals surface area contributed by atoms with Crippen LogP contribution in [0.3, 0.4) is 0 Å². The molecule has 76 valence electrons. The van der Waals surface area contributed by atoms with Gasteiger partial charge in [0.05, 0.1) is 4.47 Å². The standard InChI is InChI=1S/C11H15BrN2/c1-8-5-6-13-11(10(8)12)14-7-3-4-9(14)2/h5-6,9H,3-4,7H2,1-2H3. The smallest absolute Gasteiger partial charge is 0.143 e. The summed E-state index contributed by atoms with van der Waals surface area (Å²) in [5.74, 6) is 1.11. The van der Waals surface area contributed by atoms with Crippen molar-refractivity contribution >= 4 is 21.7 Å². The third-order valence-corrected chi connectivity index (χ3v) is 3.87. The number of hydrogen-bond acceptors (Lipinski definition) is 2. The number of nitrogens with zero attached hydrogens (tertiary/aromatic N) is 2. The highest BCUT2D eigenvalue weighted by Crippen LogP contribution is 2.31. The van der Waals surface area contributed by atoms with E-state index < -0.39 is 0 Å². The molecule has 2 nitrogen and oxygen atoms in total. The summed E-state index contributed by atoms with van der Waals surface area (Å²) in [7, 11) is 0. The van der Waals surface area contributed by atoms with Crippen LogP contribution in [-0.4, -0.2) is 17.6 Å². The summed E-state index contributed by atoms with van der Waals surface area (Å²) in [6.45, 7) is 5.51. The van der Waals surface area contributed by atoms with Crippen molar-refractivity contribution in [1.29, 1.82) is 0 Å². The van der Waals surface area contributed by atoms with E-state index in [1.807, 2.05) is 12.3 Å². The van der Waals surface area contributed by atoms with Crippen molar-refractivity contribution in [1.82, 2.24) is 4.98 Å². The first-order valence-electron chi connectivity index (χ1n) is 5.08. The largest absolute Gasteiger partial charge is 0.353 e. The summed E-state index contributed by atoms with van der Waals surface area (Å²) in [4.78, 5) is 6.84. The lowest BCUT2D eigenvalue weighted by molar-refractivity contribution is 0.725. The Morgan fingerprint density at radius 3 is 3.00 bits per heavy atom. The number of pyridine rings is 1. The van der Waals surface area contributed by atoms with Crippen molar-refractivity contribution in [2.45, 2.75) is 32.7 Å². The summed E-state index contributed by atoms with van der Waals surface area (Å²) in [6, 6.07) is 2.66. The van der Waals surface area contributed by atoms with Crippen LogP contribution in [0.15, 0.2) is 16.7 Å². The zero-order valence-corrected chi connectivity index (χ0v) is 10.2. The molecule has 2 rings (SSSR count). The molecule has 1 fully saturated rings. The van der Waals surface area contributed by atoms with Gasteiger partial charge in [-0.1, -0.05) is 0 Å². The Kier molecular flexibility index (Phi) is 2.77. The lowest BCUT2D eigenvalue weighted by Crippen LogP contribution is -2.27. The molecule has 0 spiro atoms. The molecule has 0 bridgehead atoms. The number of halogens is 1. The normalized spacial score (nSPS) is 21.6. The van der Waals surface area contributed by atoms with Crippen LogP contribution in [-0.2, 0) is 0 Å². The highest BCUT2D eigenvalue weighted by molar-refractivity contribution is 9.10. The zero-order chi connectivity index (χ0) is 10.1. The van der Waals surface area contributed by atoms with Crippen LogP contribution in [0.5, 0.6) is 0 Å². The van der Waals surface area contributed by atoms with Crippen molar-refractivity contribution in [3.63, 3.8) is 0 Å². The van der Waals surface area contributed by atoms with Crippen molar-refractivity contribution in [3.8, 4) is 0 Å². The van der Waals surface area contributed by atoms with Gasteiger partial charge in [0.2, 0.25) is 0 Å². The van der Waals surface area contributed by atoms with Crippen LogP contribution in [0.4, 0.5) is 5.82 Å². The molecule has 1 aliphatic rings. The molecular weight excluding hydrogens is 240 g/mol. The molecule has 0 aliphatic carbocycles. The average Bonchev–Trinajstić information content (AvgIpc) is 2.57. The van der Waals surface area contributed by atoms with Crippen molar-refractivity contribution in [2.75, 3.05) is 11.4 Å². The minimum atomic E-state index is 0.626. The van der Waals surface area contributed by atoms with Gasteiger partial charge in [-0.15, -0.1) is 0 Å². The first-order chi connectivity index (χ1) is 6.70. The van der Waals surface area contributed by atoms with E-state index in [1.54, 1.807) is 0 Å². The summed E-state index contributed by atoms with van der Waals surface area (Å²) >= 11 is 3.61. The van der Waals surface area contributed by atoms with E-state index in [-0.39, 0.29) is 0 Å². The second kappa shape index (κ2) is 3.89. The monoisotopic (exact) mass is 254 g/mol. The van der Waals surface area contributed by atoms with Crippen LogP contribution in [0, 0.1) is 6.92 Å². The highest BCUT2D eigenvalue weighted by atomic mass is 79.9. The maximum absolute atomic E-state index is 4.45. The molecule has 1 aliphatic heterocycles. The predicted octanol–water partition coefficient (Wildman–Crippen LogP) is 3.14. The van der Waals surface area contributed by atoms with Crippen LogP contribution in [0.2, 0.25) is 0 Å². The fraction of sp³-hybridized carbons (Fsp3) is 0.545. The van der Waals surface area contributed by atoms with E-state index >= 15 is 0 Å². The molecule has 0 radical (unpaired) electrons. The Hall–Kier alpha value is -0.570. The SMILES string of the molecule is Cc1ccnc(N2CCCC2C)c1Br. The fourth-order valence-corrected chi connectivity index (χ4v) is 2.44. The molecular formula is C11H15BrN2. The van der Waals surface area contributed by atoms with Gasteiger partial charge < -0.3 is 4.90 Å². The summed E-state index contributed by atoms with van der Waals surface area (Å²) < 4.78 is 1.15. The summed E-state index contributed by atoms with van der Waals surface area (Å²) in [6.07, 6.45) is 4.45. The van der Waals surface area contributed by atoms with Gasteiger partial charge in [-0.25, -0.2) is 4.98 Å².